The fourth-order valence-electron chi connectivity index (χ4n) is 3.52. The number of halogens is 6. The van der Waals surface area contributed by atoms with Gasteiger partial charge in [-0.25, -0.2) is 9.78 Å². The van der Waals surface area contributed by atoms with E-state index in [1.165, 1.54) is 41.1 Å². The number of alkyl halides is 6. The number of amides is 2. The smallest absolute Gasteiger partial charge is 0.352 e. The van der Waals surface area contributed by atoms with Gasteiger partial charge in [0.15, 0.2) is 0 Å². The first-order valence-electron chi connectivity index (χ1n) is 9.40. The van der Waals surface area contributed by atoms with Crippen LogP contribution in [0.1, 0.15) is 23.6 Å². The quantitative estimate of drug-likeness (QED) is 0.648. The highest BCUT2D eigenvalue weighted by molar-refractivity contribution is 5.90. The van der Waals surface area contributed by atoms with Gasteiger partial charge in [-0.3, -0.25) is 0 Å². The lowest BCUT2D eigenvalue weighted by Gasteiger charge is -2.40. The average molecular weight is 446 g/mol. The molecular formula is C20H20F6N4O. The van der Waals surface area contributed by atoms with Gasteiger partial charge >= 0.3 is 18.4 Å². The third kappa shape index (κ3) is 5.02. The second-order valence-corrected chi connectivity index (χ2v) is 7.32. The van der Waals surface area contributed by atoms with E-state index in [0.717, 1.165) is 12.1 Å². The van der Waals surface area contributed by atoms with Crippen LogP contribution in [0.4, 0.5) is 42.6 Å². The second kappa shape index (κ2) is 8.27. The molecule has 0 bridgehead atoms. The zero-order chi connectivity index (χ0) is 23.0. The van der Waals surface area contributed by atoms with Crippen LogP contribution in [0.5, 0.6) is 0 Å². The van der Waals surface area contributed by atoms with Gasteiger partial charge in [-0.1, -0.05) is 6.07 Å². The summed E-state index contributed by atoms with van der Waals surface area (Å²) in [5, 5.41) is 2.44. The molecule has 3 rings (SSSR count). The van der Waals surface area contributed by atoms with Gasteiger partial charge in [-0.2, -0.15) is 26.3 Å². The molecule has 2 amide bonds. The minimum atomic E-state index is -4.57. The SMILES string of the molecule is Cc1ccc(NC(=O)N2CCN(c3ncccc3C(F)(F)F)CC2C)cc1C(F)(F)F. The molecule has 1 fully saturated rings. The number of aromatic nitrogens is 1. The summed E-state index contributed by atoms with van der Waals surface area (Å²) in [6, 6.07) is 4.52. The molecule has 0 radical (unpaired) electrons. The molecule has 1 saturated heterocycles. The zero-order valence-electron chi connectivity index (χ0n) is 16.7. The number of nitrogens with zero attached hydrogens (tertiary/aromatic N) is 3. The molecule has 0 saturated carbocycles. The molecule has 31 heavy (non-hydrogen) atoms. The number of benzene rings is 1. The molecule has 1 unspecified atom stereocenters. The summed E-state index contributed by atoms with van der Waals surface area (Å²) in [6.07, 6.45) is -7.85. The Labute approximate surface area is 174 Å². The first kappa shape index (κ1) is 22.7. The predicted molar refractivity (Wildman–Crippen MR) is 103 cm³/mol. The average Bonchev–Trinajstić information content (AvgIpc) is 2.67. The van der Waals surface area contributed by atoms with Gasteiger partial charge in [0.1, 0.15) is 5.82 Å². The largest absolute Gasteiger partial charge is 0.419 e. The van der Waals surface area contributed by atoms with Gasteiger partial charge in [-0.15, -0.1) is 0 Å². The molecule has 2 aromatic rings. The molecule has 1 aliphatic heterocycles. The molecule has 11 heteroatoms. The van der Waals surface area contributed by atoms with Crippen LogP contribution in [0, 0.1) is 6.92 Å². The molecule has 1 aromatic heterocycles. The minimum Gasteiger partial charge on any atom is -0.352 e. The summed E-state index contributed by atoms with van der Waals surface area (Å²) in [7, 11) is 0. The van der Waals surface area contributed by atoms with Gasteiger partial charge in [-0.05, 0) is 43.7 Å². The van der Waals surface area contributed by atoms with Crippen molar-refractivity contribution in [3.05, 3.63) is 53.2 Å². The number of hydrogen-bond donors (Lipinski definition) is 1. The lowest BCUT2D eigenvalue weighted by molar-refractivity contribution is -0.138. The Hall–Kier alpha value is -2.98. The molecule has 0 aliphatic carbocycles. The third-order valence-corrected chi connectivity index (χ3v) is 5.07. The monoisotopic (exact) mass is 446 g/mol. The third-order valence-electron chi connectivity index (χ3n) is 5.07. The van der Waals surface area contributed by atoms with Crippen molar-refractivity contribution in [3.8, 4) is 0 Å². The van der Waals surface area contributed by atoms with Crippen LogP contribution in [-0.4, -0.2) is 41.6 Å². The van der Waals surface area contributed by atoms with Crippen LogP contribution in [0.15, 0.2) is 36.5 Å². The van der Waals surface area contributed by atoms with Crippen molar-refractivity contribution in [2.24, 2.45) is 0 Å². The van der Waals surface area contributed by atoms with Crippen LogP contribution < -0.4 is 10.2 Å². The summed E-state index contributed by atoms with van der Waals surface area (Å²) in [5.41, 5.74) is -1.69. The maximum Gasteiger partial charge on any atom is 0.419 e. The lowest BCUT2D eigenvalue weighted by atomic mass is 10.1. The lowest BCUT2D eigenvalue weighted by Crippen LogP contribution is -2.55. The molecule has 1 aliphatic rings. The molecule has 0 spiro atoms. The number of nitrogens with one attached hydrogen (secondary N) is 1. The Morgan fingerprint density at radius 1 is 1.06 bits per heavy atom. The van der Waals surface area contributed by atoms with Crippen LogP contribution in [0.2, 0.25) is 0 Å². The highest BCUT2D eigenvalue weighted by Crippen LogP contribution is 2.36. The van der Waals surface area contributed by atoms with E-state index in [9.17, 15) is 31.1 Å². The number of carbonyl (C=O) groups is 1. The molecule has 1 aromatic carbocycles. The summed E-state index contributed by atoms with van der Waals surface area (Å²) in [5.74, 6) is -0.213. The van der Waals surface area contributed by atoms with E-state index in [2.05, 4.69) is 10.3 Å². The fourth-order valence-corrected chi connectivity index (χ4v) is 3.52. The van der Waals surface area contributed by atoms with E-state index in [4.69, 9.17) is 0 Å². The molecule has 168 valence electrons. The Balaban J connectivity index is 1.72. The van der Waals surface area contributed by atoms with Gasteiger partial charge in [0, 0.05) is 37.6 Å². The van der Waals surface area contributed by atoms with Crippen LogP contribution in [0.25, 0.3) is 0 Å². The number of carbonyl (C=O) groups excluding carboxylic acids is 1. The van der Waals surface area contributed by atoms with E-state index >= 15 is 0 Å². The number of rotatable bonds is 2. The first-order chi connectivity index (χ1) is 14.4. The number of urea groups is 1. The highest BCUT2D eigenvalue weighted by Gasteiger charge is 2.38. The Morgan fingerprint density at radius 2 is 1.74 bits per heavy atom. The normalized spacial score (nSPS) is 17.6. The van der Waals surface area contributed by atoms with Crippen molar-refractivity contribution in [3.63, 3.8) is 0 Å². The van der Waals surface area contributed by atoms with Gasteiger partial charge in [0.25, 0.3) is 0 Å². The van der Waals surface area contributed by atoms with Crippen molar-refractivity contribution in [1.82, 2.24) is 9.88 Å². The summed E-state index contributed by atoms with van der Waals surface area (Å²) in [6.45, 7) is 3.24. The number of piperazine rings is 1. The van der Waals surface area contributed by atoms with Gasteiger partial charge in [0.2, 0.25) is 0 Å². The zero-order valence-corrected chi connectivity index (χ0v) is 16.7. The summed E-state index contributed by atoms with van der Waals surface area (Å²) < 4.78 is 79.1. The number of aryl methyl sites for hydroxylation is 1. The maximum absolute atomic E-state index is 13.3. The topological polar surface area (TPSA) is 48.5 Å². The first-order valence-corrected chi connectivity index (χ1v) is 9.40. The van der Waals surface area contributed by atoms with E-state index in [1.54, 1.807) is 6.92 Å². The van der Waals surface area contributed by atoms with E-state index in [-0.39, 0.29) is 36.7 Å². The second-order valence-electron chi connectivity index (χ2n) is 7.32. The molecule has 1 N–H and O–H groups in total. The van der Waals surface area contributed by atoms with E-state index in [0.29, 0.717) is 0 Å². The molecular weight excluding hydrogens is 426 g/mol. The molecule has 5 nitrogen and oxygen atoms in total. The van der Waals surface area contributed by atoms with Crippen molar-refractivity contribution in [2.75, 3.05) is 29.9 Å². The number of anilines is 2. The Morgan fingerprint density at radius 3 is 2.35 bits per heavy atom. The summed E-state index contributed by atoms with van der Waals surface area (Å²) >= 11 is 0. The number of pyridine rings is 1. The number of hydrogen-bond acceptors (Lipinski definition) is 3. The van der Waals surface area contributed by atoms with Crippen LogP contribution in [-0.2, 0) is 12.4 Å². The Bertz CT molecular complexity index is 959. The van der Waals surface area contributed by atoms with Crippen molar-refractivity contribution in [1.29, 1.82) is 0 Å². The molecule has 2 heterocycles. The van der Waals surface area contributed by atoms with E-state index < -0.39 is 35.6 Å². The predicted octanol–water partition coefficient (Wildman–Crippen LogP) is 5.17. The van der Waals surface area contributed by atoms with Crippen molar-refractivity contribution < 1.29 is 31.1 Å². The molecule has 1 atom stereocenters. The Kier molecular flexibility index (Phi) is 6.06. The highest BCUT2D eigenvalue weighted by atomic mass is 19.4. The summed E-state index contributed by atoms with van der Waals surface area (Å²) in [4.78, 5) is 19.3. The fraction of sp³-hybridized carbons (Fsp3) is 0.400. The maximum atomic E-state index is 13.3. The minimum absolute atomic E-state index is 0.0124. The van der Waals surface area contributed by atoms with Gasteiger partial charge < -0.3 is 15.1 Å². The van der Waals surface area contributed by atoms with Gasteiger partial charge in [0.05, 0.1) is 11.1 Å². The van der Waals surface area contributed by atoms with Crippen LogP contribution >= 0.6 is 0 Å². The standard InChI is InChI=1S/C20H20F6N4O/c1-12-5-6-14(10-16(12)20(24,25)26)28-18(31)30-9-8-29(11-13(30)2)17-15(19(21,22)23)4-3-7-27-17/h3-7,10,13H,8-9,11H2,1-2H3,(H,28,31). The van der Waals surface area contributed by atoms with E-state index in [1.807, 2.05) is 0 Å². The van der Waals surface area contributed by atoms with Crippen molar-refractivity contribution in [2.45, 2.75) is 32.2 Å². The van der Waals surface area contributed by atoms with Crippen LogP contribution in [0.3, 0.4) is 0 Å². The van der Waals surface area contributed by atoms with Crippen molar-refractivity contribution >= 4 is 17.5 Å².